The van der Waals surface area contributed by atoms with Crippen LogP contribution < -0.4 is 0 Å². The van der Waals surface area contributed by atoms with Crippen molar-refractivity contribution in [3.8, 4) is 0 Å². The van der Waals surface area contributed by atoms with Gasteiger partial charge in [-0.1, -0.05) is 24.3 Å². The van der Waals surface area contributed by atoms with Crippen LogP contribution in [0.3, 0.4) is 0 Å². The monoisotopic (exact) mass is 210 g/mol. The van der Waals surface area contributed by atoms with Crippen molar-refractivity contribution < 1.29 is 5.48 Å². The van der Waals surface area contributed by atoms with Crippen molar-refractivity contribution >= 4 is 11.0 Å². The number of allylic oxidation sites excluding steroid dienone is 2. The van der Waals surface area contributed by atoms with Crippen molar-refractivity contribution in [2.24, 2.45) is 11.8 Å². The number of benzene rings is 1. The Labute approximate surface area is 98.7 Å². The van der Waals surface area contributed by atoms with Crippen molar-refractivity contribution in [2.45, 2.75) is 11.8 Å². The van der Waals surface area contributed by atoms with Crippen molar-refractivity contribution in [1.82, 2.24) is 9.97 Å². The molecule has 5 rings (SSSR count). The zero-order valence-electron chi connectivity index (χ0n) is 12.4. The van der Waals surface area contributed by atoms with E-state index in [1.807, 2.05) is 24.3 Å². The van der Waals surface area contributed by atoms with Crippen LogP contribution in [0, 0.1) is 11.8 Å². The average molecular weight is 210 g/mol. The molecule has 1 fully saturated rings. The fourth-order valence-corrected chi connectivity index (χ4v) is 2.77. The molecule has 2 nitrogen and oxygen atoms in total. The normalized spacial score (nSPS) is 54.5. The van der Waals surface area contributed by atoms with Crippen LogP contribution in [0.1, 0.15) is 28.7 Å². The molecule has 3 aliphatic carbocycles. The second-order valence-corrected chi connectivity index (χ2v) is 4.40. The summed E-state index contributed by atoms with van der Waals surface area (Å²) in [6.07, 6.45) is 1.58. The van der Waals surface area contributed by atoms with Gasteiger partial charge in [0.1, 0.15) is 0 Å². The summed E-state index contributed by atoms with van der Waals surface area (Å²) in [5.41, 5.74) is 2.09. The Balaban J connectivity index is 1.94. The molecule has 0 saturated heterocycles. The van der Waals surface area contributed by atoms with Gasteiger partial charge in [0.25, 0.3) is 0 Å². The van der Waals surface area contributed by atoms with E-state index in [9.17, 15) is 0 Å². The third-order valence-electron chi connectivity index (χ3n) is 3.55. The molecule has 0 bridgehead atoms. The van der Waals surface area contributed by atoms with Crippen LogP contribution in [0.2, 0.25) is 0 Å². The summed E-state index contributed by atoms with van der Waals surface area (Å²) in [7, 11) is 0. The van der Waals surface area contributed by atoms with Crippen LogP contribution >= 0.6 is 0 Å². The van der Waals surface area contributed by atoms with Gasteiger partial charge in [-0.2, -0.15) is 0 Å². The summed E-state index contributed by atoms with van der Waals surface area (Å²) < 4.78 is 33.8. The van der Waals surface area contributed by atoms with Gasteiger partial charge in [-0.3, -0.25) is 0 Å². The van der Waals surface area contributed by atoms with E-state index in [2.05, 4.69) is 9.97 Å². The maximum Gasteiger partial charge on any atom is 0.0890 e. The van der Waals surface area contributed by atoms with Crippen molar-refractivity contribution in [3.63, 3.8) is 0 Å². The topological polar surface area (TPSA) is 25.8 Å². The summed E-state index contributed by atoms with van der Waals surface area (Å²) in [6, 6.07) is 7.42. The van der Waals surface area contributed by atoms with Gasteiger partial charge in [-0.05, 0) is 23.9 Å². The number of rotatable bonds is 0. The van der Waals surface area contributed by atoms with Crippen molar-refractivity contribution in [2.75, 3.05) is 0 Å². The first kappa shape index (κ1) is 5.09. The molecular formula is C14H10N2. The number of aromatic nitrogens is 2. The Morgan fingerprint density at radius 1 is 1.12 bits per heavy atom. The van der Waals surface area contributed by atoms with Gasteiger partial charge in [-0.25, -0.2) is 9.97 Å². The summed E-state index contributed by atoms with van der Waals surface area (Å²) >= 11 is 0. The highest BCUT2D eigenvalue weighted by molar-refractivity contribution is 5.75. The Kier molecular flexibility index (Phi) is 0.697. The van der Waals surface area contributed by atoms with E-state index in [0.717, 1.165) is 0 Å². The minimum absolute atomic E-state index is 0.0868. The zero-order chi connectivity index (χ0) is 13.9. The van der Waals surface area contributed by atoms with Crippen LogP contribution in [0.15, 0.2) is 36.4 Å². The van der Waals surface area contributed by atoms with E-state index < -0.39 is 23.6 Å². The Bertz CT molecular complexity index is 850. The molecule has 16 heavy (non-hydrogen) atoms. The van der Waals surface area contributed by atoms with Gasteiger partial charge in [0.15, 0.2) is 0 Å². The molecule has 3 aliphatic rings. The van der Waals surface area contributed by atoms with E-state index in [4.69, 9.17) is 5.48 Å². The molecule has 0 amide bonds. The standard InChI is InChI=1S/C14H10N2/c1-2-4-10-9(3-1)15-13-8-6-5-7-11(8)12(7)14(13)16-10/h1-8,11-12H/i6D,8D,11D,12D. The van der Waals surface area contributed by atoms with E-state index >= 15 is 0 Å². The first-order chi connectivity index (χ1) is 9.45. The Morgan fingerprint density at radius 2 is 1.88 bits per heavy atom. The minimum Gasteiger partial charge on any atom is -0.249 e. The maximum atomic E-state index is 8.64. The van der Waals surface area contributed by atoms with Crippen LogP contribution in [0.25, 0.3) is 11.0 Å². The lowest BCUT2D eigenvalue weighted by atomic mass is 10.1. The van der Waals surface area contributed by atoms with Gasteiger partial charge in [0.2, 0.25) is 0 Å². The van der Waals surface area contributed by atoms with Gasteiger partial charge >= 0.3 is 0 Å². The SMILES string of the molecule is [2H]C1=CC2C3([2H])c4nc5ccccc5nc4C1([2H])C23[2H]. The van der Waals surface area contributed by atoms with Crippen LogP contribution in [0.4, 0.5) is 0 Å². The first-order valence-electron chi connectivity index (χ1n) is 7.42. The lowest BCUT2D eigenvalue weighted by Gasteiger charge is -2.07. The lowest BCUT2D eigenvalue weighted by Crippen LogP contribution is -2.00. The molecule has 0 N–H and O–H groups in total. The quantitative estimate of drug-likeness (QED) is 0.625. The van der Waals surface area contributed by atoms with E-state index in [1.165, 1.54) is 0 Å². The largest absolute Gasteiger partial charge is 0.249 e. The zero-order valence-corrected chi connectivity index (χ0v) is 8.36. The van der Waals surface area contributed by atoms with Crippen molar-refractivity contribution in [3.05, 3.63) is 47.8 Å². The molecule has 1 saturated carbocycles. The van der Waals surface area contributed by atoms with Crippen LogP contribution in [0.5, 0.6) is 0 Å². The number of nitrogens with zero attached hydrogens (tertiary/aromatic N) is 2. The molecule has 0 spiro atoms. The van der Waals surface area contributed by atoms with Gasteiger partial charge in [-0.15, -0.1) is 0 Å². The third-order valence-corrected chi connectivity index (χ3v) is 3.55. The number of para-hydroxylation sites is 2. The maximum absolute atomic E-state index is 8.64. The molecule has 2 heteroatoms. The second kappa shape index (κ2) is 2.19. The molecule has 2 aromatic rings. The molecule has 1 aromatic heterocycles. The van der Waals surface area contributed by atoms with Gasteiger partial charge in [0.05, 0.1) is 23.8 Å². The van der Waals surface area contributed by atoms with E-state index in [-0.39, 0.29) is 6.05 Å². The predicted octanol–water partition coefficient (Wildman–Crippen LogP) is 2.63. The predicted molar refractivity (Wildman–Crippen MR) is 61.1 cm³/mol. The molecule has 0 aliphatic heterocycles. The molecule has 76 valence electrons. The smallest absolute Gasteiger partial charge is 0.0890 e. The Morgan fingerprint density at radius 3 is 2.69 bits per heavy atom. The van der Waals surface area contributed by atoms with E-state index in [0.29, 0.717) is 22.4 Å². The third kappa shape index (κ3) is 0.673. The fourth-order valence-electron chi connectivity index (χ4n) is 2.77. The number of hydrogen-bond donors (Lipinski definition) is 0. The summed E-state index contributed by atoms with van der Waals surface area (Å²) in [6.45, 7) is 0. The minimum atomic E-state index is -1.54. The molecule has 4 atom stereocenters. The molecule has 0 radical (unpaired) electrons. The van der Waals surface area contributed by atoms with Crippen molar-refractivity contribution in [1.29, 1.82) is 0 Å². The Hall–Kier alpha value is -1.70. The molecule has 4 unspecified atom stereocenters. The van der Waals surface area contributed by atoms with Gasteiger partial charge < -0.3 is 0 Å². The number of hydrogen-bond acceptors (Lipinski definition) is 2. The molecule has 1 aromatic carbocycles. The van der Waals surface area contributed by atoms with Crippen LogP contribution in [-0.2, 0) is 0 Å². The summed E-state index contributed by atoms with van der Waals surface area (Å²) in [4.78, 5) is 8.99. The highest BCUT2D eigenvalue weighted by atomic mass is 14.9. The first-order valence-corrected chi connectivity index (χ1v) is 5.42. The van der Waals surface area contributed by atoms with Crippen LogP contribution in [-0.4, -0.2) is 9.97 Å². The van der Waals surface area contributed by atoms with E-state index in [1.54, 1.807) is 6.08 Å². The summed E-state index contributed by atoms with van der Waals surface area (Å²) in [5, 5.41) is 0. The molecule has 1 heterocycles. The lowest BCUT2D eigenvalue weighted by molar-refractivity contribution is 0.734. The summed E-state index contributed by atoms with van der Waals surface area (Å²) in [5.74, 6) is -4.46. The molecular weight excluding hydrogens is 196 g/mol. The highest BCUT2D eigenvalue weighted by Gasteiger charge is 2.63. The number of fused-ring (bicyclic) bond motifs is 5. The highest BCUT2D eigenvalue weighted by Crippen LogP contribution is 2.70. The van der Waals surface area contributed by atoms with Gasteiger partial charge in [0, 0.05) is 15.9 Å². The fraction of sp³-hybridized carbons (Fsp3) is 0.286. The average Bonchev–Trinajstić information content (AvgIpc) is 2.80. The second-order valence-electron chi connectivity index (χ2n) is 4.40.